The Kier molecular flexibility index (Phi) is 5.19. The van der Waals surface area contributed by atoms with Gasteiger partial charge in [0, 0.05) is 0 Å². The van der Waals surface area contributed by atoms with Crippen LogP contribution in [0.5, 0.6) is 0 Å². The Bertz CT molecular complexity index is 579. The van der Waals surface area contributed by atoms with Crippen LogP contribution in [-0.2, 0) is 21.8 Å². The van der Waals surface area contributed by atoms with E-state index in [1.807, 2.05) is 0 Å². The first-order valence-corrected chi connectivity index (χ1v) is 13.4. The molecule has 0 aromatic carbocycles. The summed E-state index contributed by atoms with van der Waals surface area (Å²) in [6.07, 6.45) is 0. The molecule has 0 aromatic heterocycles. The summed E-state index contributed by atoms with van der Waals surface area (Å²) in [5, 5.41) is 0. The zero-order valence-electron chi connectivity index (χ0n) is 16.6. The molecule has 127 valence electrons. The van der Waals surface area contributed by atoms with E-state index in [9.17, 15) is 0 Å². The van der Waals surface area contributed by atoms with Gasteiger partial charge in [-0.15, -0.1) is 0 Å². The van der Waals surface area contributed by atoms with Gasteiger partial charge >= 0.3 is 157 Å². The van der Waals surface area contributed by atoms with Crippen molar-refractivity contribution in [3.8, 4) is 0 Å². The molecule has 23 heavy (non-hydrogen) atoms. The van der Waals surface area contributed by atoms with Gasteiger partial charge in [0.15, 0.2) is 0 Å². The Labute approximate surface area is 156 Å². The second-order valence-corrected chi connectivity index (χ2v) is 17.4. The summed E-state index contributed by atoms with van der Waals surface area (Å²) in [5.74, 6) is 0. The average molecular weight is 411 g/mol. The van der Waals surface area contributed by atoms with Crippen molar-refractivity contribution in [2.45, 2.75) is 75.5 Å². The normalized spacial score (nSPS) is 23.6. The van der Waals surface area contributed by atoms with Gasteiger partial charge in [0.1, 0.15) is 0 Å². The fourth-order valence-electron chi connectivity index (χ4n) is 4.86. The van der Waals surface area contributed by atoms with Crippen molar-refractivity contribution in [1.82, 2.24) is 0 Å². The number of hydrogen-bond acceptors (Lipinski definition) is 0. The summed E-state index contributed by atoms with van der Waals surface area (Å²) in [4.78, 5) is 0. The number of halogens is 1. The van der Waals surface area contributed by atoms with Gasteiger partial charge in [-0.3, -0.25) is 0 Å². The summed E-state index contributed by atoms with van der Waals surface area (Å²) in [6, 6.07) is 0. The van der Waals surface area contributed by atoms with Gasteiger partial charge in [0.05, 0.1) is 0 Å². The third kappa shape index (κ3) is 2.32. The molecule has 0 amide bonds. The van der Waals surface area contributed by atoms with Crippen molar-refractivity contribution < 1.29 is 21.8 Å². The molecule has 0 heterocycles. The van der Waals surface area contributed by atoms with Crippen LogP contribution >= 0.6 is 11.6 Å². The molecule has 2 aliphatic rings. The molecule has 2 aliphatic carbocycles. The molecule has 0 nitrogen and oxygen atoms in total. The van der Waals surface area contributed by atoms with Crippen molar-refractivity contribution >= 4 is 11.6 Å². The van der Waals surface area contributed by atoms with Crippen LogP contribution in [0, 0.1) is 0 Å². The Morgan fingerprint density at radius 2 is 0.826 bits per heavy atom. The molecule has 0 N–H and O–H groups in total. The van der Waals surface area contributed by atoms with Crippen LogP contribution in [0.25, 0.3) is 0 Å². The van der Waals surface area contributed by atoms with Crippen molar-refractivity contribution in [1.29, 1.82) is 0 Å². The first-order chi connectivity index (χ1) is 10.5. The molecule has 0 aliphatic heterocycles. The summed E-state index contributed by atoms with van der Waals surface area (Å²) in [6.45, 7) is 23.6. The molecule has 0 aromatic rings. The molecule has 0 saturated heterocycles. The zero-order chi connectivity index (χ0) is 17.9. The van der Waals surface area contributed by atoms with Crippen molar-refractivity contribution in [3.05, 3.63) is 44.6 Å². The van der Waals surface area contributed by atoms with E-state index in [1.54, 1.807) is 22.3 Å². The third-order valence-corrected chi connectivity index (χ3v) is 19.6. The van der Waals surface area contributed by atoms with Gasteiger partial charge in [-0.25, -0.2) is 0 Å². The predicted octanol–water partition coefficient (Wildman–Crippen LogP) is 7.53. The third-order valence-electron chi connectivity index (χ3n) is 7.72. The monoisotopic (exact) mass is 409 g/mol. The number of alkyl halides is 1. The van der Waals surface area contributed by atoms with Gasteiger partial charge in [0.25, 0.3) is 0 Å². The Balaban J connectivity index is 2.73. The molecule has 2 heteroatoms. The fraction of sp³-hybridized carbons (Fsp3) is 0.619. The average Bonchev–Trinajstić information content (AvgIpc) is 2.76. The molecule has 0 fully saturated rings. The SMILES string of the molecule is CC1=C(C)[C](C)([Zr]([CH2]Cl)[C]2(C)C(C)=C(C)C(C)=C2C)C(C)=C1C. The van der Waals surface area contributed by atoms with Gasteiger partial charge in [0.2, 0.25) is 0 Å². The first-order valence-electron chi connectivity index (χ1n) is 8.62. The number of allylic oxidation sites excluding steroid dienone is 8. The number of hydrogen-bond donors (Lipinski definition) is 0. The van der Waals surface area contributed by atoms with Crippen molar-refractivity contribution in [2.24, 2.45) is 0 Å². The van der Waals surface area contributed by atoms with Crippen LogP contribution in [0.3, 0.4) is 0 Å². The predicted molar refractivity (Wildman–Crippen MR) is 101 cm³/mol. The molecule has 0 bridgehead atoms. The minimum absolute atomic E-state index is 0.236. The quantitative estimate of drug-likeness (QED) is 0.421. The maximum absolute atomic E-state index is 6.76. The molecular weight excluding hydrogens is 379 g/mol. The van der Waals surface area contributed by atoms with Gasteiger partial charge in [-0.1, -0.05) is 0 Å². The standard InChI is InChI=1S/2C10H15.CH2Cl.Zr/c2*1-6-7(2)9(4)10(5)8(6)3;1-2;/h2*1-5H3;1H2;. The van der Waals surface area contributed by atoms with Crippen LogP contribution in [0.2, 0.25) is 6.25 Å². The van der Waals surface area contributed by atoms with Gasteiger partial charge < -0.3 is 0 Å². The second-order valence-electron chi connectivity index (χ2n) is 7.86. The van der Waals surface area contributed by atoms with Crippen LogP contribution in [0.4, 0.5) is 0 Å². The molecule has 0 saturated carbocycles. The summed E-state index contributed by atoms with van der Waals surface area (Å²) >= 11 is 4.62. The van der Waals surface area contributed by atoms with E-state index in [0.29, 0.717) is 0 Å². The van der Waals surface area contributed by atoms with Crippen LogP contribution in [-0.4, -0.2) is 3.59 Å². The van der Waals surface area contributed by atoms with E-state index in [4.69, 9.17) is 11.6 Å². The van der Waals surface area contributed by atoms with E-state index in [0.717, 1.165) is 3.59 Å². The Morgan fingerprint density at radius 3 is 1.00 bits per heavy atom. The molecule has 0 atom stereocenters. The van der Waals surface area contributed by atoms with E-state index in [-0.39, 0.29) is 6.25 Å². The summed E-state index contributed by atoms with van der Waals surface area (Å²) in [7, 11) is 0. The van der Waals surface area contributed by atoms with Crippen LogP contribution in [0.1, 0.15) is 69.2 Å². The molecular formula is C21H32ClZr. The van der Waals surface area contributed by atoms with E-state index in [2.05, 4.69) is 69.2 Å². The first kappa shape index (κ1) is 19.5. The maximum atomic E-state index is 6.76. The zero-order valence-corrected chi connectivity index (χ0v) is 19.8. The molecule has 0 spiro atoms. The number of rotatable bonds is 3. The van der Waals surface area contributed by atoms with Gasteiger partial charge in [-0.05, 0) is 0 Å². The molecule has 2 rings (SSSR count). The van der Waals surface area contributed by atoms with E-state index >= 15 is 0 Å². The summed E-state index contributed by atoms with van der Waals surface area (Å²) < 4.78 is 1.35. The summed E-state index contributed by atoms with van der Waals surface area (Å²) in [5.41, 5.74) is 12.4. The molecule has 0 radical (unpaired) electrons. The fourth-order valence-corrected chi connectivity index (χ4v) is 18.1. The Morgan fingerprint density at radius 1 is 0.609 bits per heavy atom. The minimum atomic E-state index is -2.14. The Hall–Kier alpha value is 0.133. The van der Waals surface area contributed by atoms with Crippen molar-refractivity contribution in [2.75, 3.05) is 3.59 Å². The van der Waals surface area contributed by atoms with E-state index < -0.39 is 21.8 Å². The van der Waals surface area contributed by atoms with E-state index in [1.165, 1.54) is 22.3 Å². The van der Waals surface area contributed by atoms with Gasteiger partial charge in [-0.2, -0.15) is 0 Å². The van der Waals surface area contributed by atoms with Crippen LogP contribution in [0.15, 0.2) is 44.6 Å². The van der Waals surface area contributed by atoms with Crippen LogP contribution < -0.4 is 0 Å². The second kappa shape index (κ2) is 6.14. The molecule has 0 unspecified atom stereocenters. The topological polar surface area (TPSA) is 0 Å². The van der Waals surface area contributed by atoms with Crippen molar-refractivity contribution in [3.63, 3.8) is 0 Å².